The number of piperazine rings is 1. The van der Waals surface area contributed by atoms with Crippen molar-refractivity contribution >= 4 is 45.0 Å². The molecule has 2 N–H and O–H groups in total. The van der Waals surface area contributed by atoms with E-state index in [1.807, 2.05) is 25.1 Å². The number of hydrogen-bond donors (Lipinski definition) is 2. The number of aromatic amines is 1. The van der Waals surface area contributed by atoms with E-state index in [2.05, 4.69) is 41.9 Å². The molecule has 0 bridgehead atoms. The Morgan fingerprint density at radius 1 is 1.13 bits per heavy atom. The summed E-state index contributed by atoms with van der Waals surface area (Å²) in [4.78, 5) is 29.5. The molecule has 31 heavy (non-hydrogen) atoms. The smallest absolute Gasteiger partial charge is 0.246 e. The summed E-state index contributed by atoms with van der Waals surface area (Å²) in [7, 11) is 0. The van der Waals surface area contributed by atoms with Crippen LogP contribution in [0.4, 0.5) is 17.3 Å². The number of H-pyrrole nitrogens is 1. The lowest BCUT2D eigenvalue weighted by atomic mass is 10.1. The molecule has 1 aliphatic heterocycles. The van der Waals surface area contributed by atoms with Gasteiger partial charge in [0, 0.05) is 43.1 Å². The lowest BCUT2D eigenvalue weighted by Gasteiger charge is -2.35. The van der Waals surface area contributed by atoms with Gasteiger partial charge in [0.1, 0.15) is 17.7 Å². The summed E-state index contributed by atoms with van der Waals surface area (Å²) >= 11 is 0. The highest BCUT2D eigenvalue weighted by Gasteiger charge is 2.22. The average molecular weight is 414 g/mol. The fourth-order valence-corrected chi connectivity index (χ4v) is 4.00. The van der Waals surface area contributed by atoms with Gasteiger partial charge in [-0.25, -0.2) is 15.0 Å². The predicted octanol–water partition coefficient (Wildman–Crippen LogP) is 2.79. The molecule has 1 amide bonds. The molecule has 1 aromatic carbocycles. The molecule has 0 radical (unpaired) electrons. The molecule has 1 aliphatic rings. The molecular formula is C22H22N8O. The molecule has 0 spiro atoms. The molecule has 0 saturated carbocycles. The van der Waals surface area contributed by atoms with Gasteiger partial charge in [-0.05, 0) is 30.7 Å². The number of carbonyl (C=O) groups excluding carboxylic acids is 1. The first kappa shape index (κ1) is 19.0. The Morgan fingerprint density at radius 3 is 2.77 bits per heavy atom. The fourth-order valence-electron chi connectivity index (χ4n) is 4.00. The number of fused-ring (bicyclic) bond motifs is 2. The van der Waals surface area contributed by atoms with Gasteiger partial charge in [-0.15, -0.1) is 0 Å². The van der Waals surface area contributed by atoms with Crippen molar-refractivity contribution in [1.29, 1.82) is 0 Å². The van der Waals surface area contributed by atoms with Crippen LogP contribution in [0.1, 0.15) is 5.56 Å². The largest absolute Gasteiger partial charge is 0.352 e. The van der Waals surface area contributed by atoms with Crippen molar-refractivity contribution in [3.05, 3.63) is 55.1 Å². The average Bonchev–Trinajstić information content (AvgIpc) is 3.29. The number of hydrogen-bond acceptors (Lipinski definition) is 7. The molecule has 1 saturated heterocycles. The monoisotopic (exact) mass is 414 g/mol. The molecule has 5 rings (SSSR count). The van der Waals surface area contributed by atoms with Crippen molar-refractivity contribution in [3.63, 3.8) is 0 Å². The molecule has 4 aromatic rings. The minimum atomic E-state index is -0.0355. The standard InChI is InChI=1S/C22H22N8O/c1-3-18(31)29-8-10-30(11-9-29)22-15-6-7-23-21(20(15)24-13-25-22)27-19-14(2)4-5-17-16(19)12-26-28-17/h3-7,12-13H,1,8-11H2,2H3,(H,23,27)(H,26,28). The number of anilines is 3. The summed E-state index contributed by atoms with van der Waals surface area (Å²) in [5.74, 6) is 1.48. The van der Waals surface area contributed by atoms with E-state index < -0.39 is 0 Å². The van der Waals surface area contributed by atoms with Crippen LogP contribution in [0.15, 0.2) is 49.6 Å². The first-order valence-corrected chi connectivity index (χ1v) is 10.1. The third kappa shape index (κ3) is 3.33. The highest BCUT2D eigenvalue weighted by Crippen LogP contribution is 2.32. The summed E-state index contributed by atoms with van der Waals surface area (Å²) in [6.45, 7) is 8.28. The number of nitrogens with zero attached hydrogens (tertiary/aromatic N) is 6. The number of aromatic nitrogens is 5. The summed E-state index contributed by atoms with van der Waals surface area (Å²) in [6, 6.07) is 5.98. The second kappa shape index (κ2) is 7.67. The molecule has 0 unspecified atom stereocenters. The van der Waals surface area contributed by atoms with E-state index in [1.165, 1.54) is 6.08 Å². The second-order valence-corrected chi connectivity index (χ2v) is 7.48. The van der Waals surface area contributed by atoms with Crippen LogP contribution in [-0.4, -0.2) is 62.1 Å². The molecule has 1 fully saturated rings. The summed E-state index contributed by atoms with van der Waals surface area (Å²) < 4.78 is 0. The van der Waals surface area contributed by atoms with Crippen molar-refractivity contribution < 1.29 is 4.79 Å². The Morgan fingerprint density at radius 2 is 1.97 bits per heavy atom. The Labute approximate surface area is 178 Å². The number of pyridine rings is 1. The molecular weight excluding hydrogens is 392 g/mol. The molecule has 4 heterocycles. The Hall–Kier alpha value is -4.01. The van der Waals surface area contributed by atoms with Gasteiger partial charge in [0.05, 0.1) is 17.4 Å². The van der Waals surface area contributed by atoms with Crippen molar-refractivity contribution in [2.75, 3.05) is 36.4 Å². The quantitative estimate of drug-likeness (QED) is 0.495. The van der Waals surface area contributed by atoms with Gasteiger partial charge in [-0.2, -0.15) is 5.10 Å². The second-order valence-electron chi connectivity index (χ2n) is 7.48. The molecule has 3 aromatic heterocycles. The Bertz CT molecular complexity index is 1290. The van der Waals surface area contributed by atoms with E-state index >= 15 is 0 Å². The third-order valence-electron chi connectivity index (χ3n) is 5.67. The van der Waals surface area contributed by atoms with E-state index in [0.717, 1.165) is 38.9 Å². The number of nitrogens with one attached hydrogen (secondary N) is 2. The zero-order valence-corrected chi connectivity index (χ0v) is 17.2. The fraction of sp³-hybridized carbons (Fsp3) is 0.227. The van der Waals surface area contributed by atoms with Crippen molar-refractivity contribution in [2.24, 2.45) is 0 Å². The number of benzene rings is 1. The highest BCUT2D eigenvalue weighted by atomic mass is 16.2. The topological polar surface area (TPSA) is 103 Å². The van der Waals surface area contributed by atoms with Gasteiger partial charge >= 0.3 is 0 Å². The Kier molecular flexibility index (Phi) is 4.70. The molecule has 0 aliphatic carbocycles. The summed E-state index contributed by atoms with van der Waals surface area (Å²) in [6.07, 6.45) is 6.50. The molecule has 9 heteroatoms. The van der Waals surface area contributed by atoms with Crippen LogP contribution < -0.4 is 10.2 Å². The summed E-state index contributed by atoms with van der Waals surface area (Å²) in [5, 5.41) is 12.5. The van der Waals surface area contributed by atoms with Gasteiger partial charge < -0.3 is 15.1 Å². The van der Waals surface area contributed by atoms with Crippen LogP contribution in [0.2, 0.25) is 0 Å². The van der Waals surface area contributed by atoms with Crippen LogP contribution in [0.25, 0.3) is 21.8 Å². The van der Waals surface area contributed by atoms with Crippen LogP contribution >= 0.6 is 0 Å². The number of rotatable bonds is 4. The first-order chi connectivity index (χ1) is 15.2. The first-order valence-electron chi connectivity index (χ1n) is 10.1. The van der Waals surface area contributed by atoms with Crippen LogP contribution in [0.3, 0.4) is 0 Å². The van der Waals surface area contributed by atoms with Gasteiger partial charge in [0.15, 0.2) is 5.82 Å². The highest BCUT2D eigenvalue weighted by molar-refractivity contribution is 6.00. The maximum absolute atomic E-state index is 11.9. The summed E-state index contributed by atoms with van der Waals surface area (Å²) in [5.41, 5.74) is 3.74. The maximum atomic E-state index is 11.9. The number of amides is 1. The van der Waals surface area contributed by atoms with Gasteiger partial charge in [-0.1, -0.05) is 12.6 Å². The third-order valence-corrected chi connectivity index (χ3v) is 5.67. The van der Waals surface area contributed by atoms with E-state index in [9.17, 15) is 4.79 Å². The minimum absolute atomic E-state index is 0.0355. The van der Waals surface area contributed by atoms with Crippen molar-refractivity contribution in [2.45, 2.75) is 6.92 Å². The zero-order chi connectivity index (χ0) is 21.4. The molecule has 0 atom stereocenters. The Balaban J connectivity index is 1.50. The maximum Gasteiger partial charge on any atom is 0.246 e. The number of carbonyl (C=O) groups is 1. The van der Waals surface area contributed by atoms with Crippen molar-refractivity contribution in [1.82, 2.24) is 30.0 Å². The SMILES string of the molecule is C=CC(=O)N1CCN(c2ncnc3c(Nc4c(C)ccc5[nH]ncc45)nccc23)CC1. The van der Waals surface area contributed by atoms with Crippen molar-refractivity contribution in [3.8, 4) is 0 Å². The van der Waals surface area contributed by atoms with Crippen LogP contribution in [0.5, 0.6) is 0 Å². The number of aryl methyl sites for hydroxylation is 1. The lowest BCUT2D eigenvalue weighted by Crippen LogP contribution is -2.48. The van der Waals surface area contributed by atoms with Crippen LogP contribution in [-0.2, 0) is 4.79 Å². The van der Waals surface area contributed by atoms with Gasteiger partial charge in [-0.3, -0.25) is 9.89 Å². The van der Waals surface area contributed by atoms with Gasteiger partial charge in [0.25, 0.3) is 0 Å². The molecule has 156 valence electrons. The predicted molar refractivity (Wildman–Crippen MR) is 120 cm³/mol. The zero-order valence-electron chi connectivity index (χ0n) is 17.2. The van der Waals surface area contributed by atoms with Crippen LogP contribution in [0, 0.1) is 6.92 Å². The van der Waals surface area contributed by atoms with E-state index in [1.54, 1.807) is 23.6 Å². The minimum Gasteiger partial charge on any atom is -0.352 e. The molecule has 9 nitrogen and oxygen atoms in total. The van der Waals surface area contributed by atoms with Gasteiger partial charge in [0.2, 0.25) is 5.91 Å². The van der Waals surface area contributed by atoms with E-state index in [4.69, 9.17) is 0 Å². The normalized spacial score (nSPS) is 14.2. The van der Waals surface area contributed by atoms with E-state index in [0.29, 0.717) is 32.0 Å². The lowest BCUT2D eigenvalue weighted by molar-refractivity contribution is -0.126. The van der Waals surface area contributed by atoms with E-state index in [-0.39, 0.29) is 5.91 Å².